The molecule has 15 heteroatoms. The van der Waals surface area contributed by atoms with Gasteiger partial charge in [-0.1, -0.05) is 86.3 Å². The Kier molecular flexibility index (Phi) is 17.9. The van der Waals surface area contributed by atoms with E-state index in [9.17, 15) is 28.8 Å². The van der Waals surface area contributed by atoms with Gasteiger partial charge in [-0.3, -0.25) is 19.2 Å². The molecule has 1 aliphatic rings. The van der Waals surface area contributed by atoms with E-state index in [2.05, 4.69) is 31.9 Å². The fraction of sp³-hybridized carbons (Fsp3) is 0.388. The van der Waals surface area contributed by atoms with Crippen LogP contribution in [0.2, 0.25) is 0 Å². The lowest BCUT2D eigenvalue weighted by Crippen LogP contribution is -2.57. The summed E-state index contributed by atoms with van der Waals surface area (Å²) in [6.07, 6.45) is -1.39. The number of ether oxygens (including phenoxy) is 3. The molecule has 64 heavy (non-hydrogen) atoms. The highest BCUT2D eigenvalue weighted by Crippen LogP contribution is 2.35. The summed E-state index contributed by atoms with van der Waals surface area (Å²) < 4.78 is 16.8. The van der Waals surface area contributed by atoms with Crippen LogP contribution < -0.4 is 36.6 Å². The Bertz CT molecular complexity index is 2190. The van der Waals surface area contributed by atoms with E-state index in [0.717, 1.165) is 5.56 Å². The van der Waals surface area contributed by atoms with E-state index < -0.39 is 65.2 Å². The quantitative estimate of drug-likeness (QED) is 0.0552. The SMILES string of the molecule is C.CC(C)(C)OC(=O)NCCC[C@H](NC(=O)[C@H](Cc1ccc(OCc2ccccc2)cc1)NC(=O)OC(C)(C)C)C(=O)N[C@@H](CC1C(=O)Nc2ccccc21)C(=O)Nc1ccccc1. The van der Waals surface area contributed by atoms with Crippen molar-refractivity contribution < 1.29 is 43.0 Å². The molecule has 0 aromatic heterocycles. The maximum absolute atomic E-state index is 14.4. The Morgan fingerprint density at radius 2 is 1.22 bits per heavy atom. The van der Waals surface area contributed by atoms with Crippen LogP contribution in [0.25, 0.3) is 0 Å². The Balaban J connectivity index is 0.00000898. The summed E-state index contributed by atoms with van der Waals surface area (Å²) in [4.78, 5) is 81.5. The summed E-state index contributed by atoms with van der Waals surface area (Å²) in [6.45, 7) is 10.7. The van der Waals surface area contributed by atoms with Gasteiger partial charge in [-0.25, -0.2) is 9.59 Å². The van der Waals surface area contributed by atoms with Gasteiger partial charge in [0.15, 0.2) is 0 Å². The van der Waals surface area contributed by atoms with E-state index in [1.165, 1.54) is 0 Å². The van der Waals surface area contributed by atoms with Crippen molar-refractivity contribution in [2.24, 2.45) is 0 Å². The first-order chi connectivity index (χ1) is 29.9. The van der Waals surface area contributed by atoms with Gasteiger partial charge in [-0.2, -0.15) is 0 Å². The molecule has 342 valence electrons. The molecule has 1 unspecified atom stereocenters. The van der Waals surface area contributed by atoms with Crippen molar-refractivity contribution >= 4 is 47.2 Å². The van der Waals surface area contributed by atoms with Crippen LogP contribution in [0.4, 0.5) is 21.0 Å². The normalized spacial score (nSPS) is 14.5. The van der Waals surface area contributed by atoms with E-state index in [1.807, 2.05) is 30.3 Å². The molecule has 15 nitrogen and oxygen atoms in total. The van der Waals surface area contributed by atoms with Crippen LogP contribution in [0.3, 0.4) is 0 Å². The number of amides is 6. The van der Waals surface area contributed by atoms with Gasteiger partial charge in [0, 0.05) is 24.3 Å². The smallest absolute Gasteiger partial charge is 0.408 e. The van der Waals surface area contributed by atoms with E-state index in [1.54, 1.807) is 120 Å². The first-order valence-electron chi connectivity index (χ1n) is 21.0. The number of alkyl carbamates (subject to hydrolysis) is 2. The van der Waals surface area contributed by atoms with Crippen molar-refractivity contribution in [1.29, 1.82) is 0 Å². The molecule has 1 aliphatic heterocycles. The highest BCUT2D eigenvalue weighted by atomic mass is 16.6. The molecular weight excluding hydrogens is 817 g/mol. The van der Waals surface area contributed by atoms with Gasteiger partial charge in [-0.15, -0.1) is 0 Å². The number of carbonyl (C=O) groups is 6. The lowest BCUT2D eigenvalue weighted by molar-refractivity contribution is -0.132. The zero-order valence-corrected chi connectivity index (χ0v) is 36.6. The second-order valence-electron chi connectivity index (χ2n) is 17.2. The van der Waals surface area contributed by atoms with E-state index in [0.29, 0.717) is 34.9 Å². The molecular formula is C49H62N6O9. The highest BCUT2D eigenvalue weighted by Gasteiger charge is 2.37. The number of carbonyl (C=O) groups excluding carboxylic acids is 6. The number of anilines is 2. The average molecular weight is 879 g/mol. The number of rotatable bonds is 18. The summed E-state index contributed by atoms with van der Waals surface area (Å²) in [6, 6.07) is 28.8. The molecule has 0 spiro atoms. The van der Waals surface area contributed by atoms with Crippen LogP contribution in [0.15, 0.2) is 109 Å². The Morgan fingerprint density at radius 3 is 1.88 bits per heavy atom. The molecule has 0 radical (unpaired) electrons. The second-order valence-corrected chi connectivity index (χ2v) is 17.2. The number of benzene rings is 4. The molecule has 4 aromatic rings. The number of hydrogen-bond donors (Lipinski definition) is 6. The van der Waals surface area contributed by atoms with Gasteiger partial charge < -0.3 is 46.1 Å². The van der Waals surface area contributed by atoms with Crippen LogP contribution in [-0.4, -0.2) is 71.7 Å². The average Bonchev–Trinajstić information content (AvgIpc) is 3.54. The van der Waals surface area contributed by atoms with Crippen molar-refractivity contribution in [1.82, 2.24) is 21.3 Å². The summed E-state index contributed by atoms with van der Waals surface area (Å²) in [5.41, 5.74) is 1.82. The largest absolute Gasteiger partial charge is 0.489 e. The summed E-state index contributed by atoms with van der Waals surface area (Å²) in [7, 11) is 0. The summed E-state index contributed by atoms with van der Waals surface area (Å²) in [5, 5.41) is 16.6. The third-order valence-corrected chi connectivity index (χ3v) is 9.65. The zero-order chi connectivity index (χ0) is 45.6. The van der Waals surface area contributed by atoms with E-state index in [4.69, 9.17) is 14.2 Å². The number of fused-ring (bicyclic) bond motifs is 1. The molecule has 6 amide bonds. The molecule has 4 aromatic carbocycles. The summed E-state index contributed by atoms with van der Waals surface area (Å²) >= 11 is 0. The minimum atomic E-state index is -1.27. The maximum Gasteiger partial charge on any atom is 0.408 e. The lowest BCUT2D eigenvalue weighted by atomic mass is 9.92. The number of hydrogen-bond acceptors (Lipinski definition) is 9. The predicted octanol–water partition coefficient (Wildman–Crippen LogP) is 7.38. The van der Waals surface area contributed by atoms with Gasteiger partial charge in [-0.05, 0) is 108 Å². The molecule has 0 fully saturated rings. The van der Waals surface area contributed by atoms with Crippen LogP contribution in [0.5, 0.6) is 5.75 Å². The molecule has 6 N–H and O–H groups in total. The zero-order valence-electron chi connectivity index (χ0n) is 36.6. The van der Waals surface area contributed by atoms with E-state index in [-0.39, 0.29) is 45.6 Å². The fourth-order valence-corrected chi connectivity index (χ4v) is 6.71. The minimum Gasteiger partial charge on any atom is -0.489 e. The first-order valence-corrected chi connectivity index (χ1v) is 21.0. The van der Waals surface area contributed by atoms with Crippen molar-refractivity contribution in [3.05, 3.63) is 126 Å². The van der Waals surface area contributed by atoms with Gasteiger partial charge in [0.1, 0.15) is 41.7 Å². The van der Waals surface area contributed by atoms with Gasteiger partial charge in [0.05, 0.1) is 5.92 Å². The molecule has 0 aliphatic carbocycles. The molecule has 1 heterocycles. The molecule has 5 rings (SSSR count). The van der Waals surface area contributed by atoms with Crippen molar-refractivity contribution in [3.8, 4) is 5.75 Å². The lowest BCUT2D eigenvalue weighted by Gasteiger charge is -2.27. The van der Waals surface area contributed by atoms with Crippen LogP contribution in [0.1, 0.15) is 90.8 Å². The third-order valence-electron chi connectivity index (χ3n) is 9.65. The van der Waals surface area contributed by atoms with Crippen molar-refractivity contribution in [3.63, 3.8) is 0 Å². The Labute approximate surface area is 375 Å². The van der Waals surface area contributed by atoms with Crippen molar-refractivity contribution in [2.75, 3.05) is 17.2 Å². The minimum absolute atomic E-state index is 0. The third kappa shape index (κ3) is 16.1. The van der Waals surface area contributed by atoms with Crippen LogP contribution in [0, 0.1) is 0 Å². The molecule has 0 bridgehead atoms. The highest BCUT2D eigenvalue weighted by molar-refractivity contribution is 6.04. The predicted molar refractivity (Wildman–Crippen MR) is 246 cm³/mol. The Hall–Kier alpha value is -6.90. The van der Waals surface area contributed by atoms with Crippen molar-refractivity contribution in [2.45, 2.75) is 117 Å². The van der Waals surface area contributed by atoms with Gasteiger partial charge >= 0.3 is 12.2 Å². The van der Waals surface area contributed by atoms with Crippen LogP contribution >= 0.6 is 0 Å². The van der Waals surface area contributed by atoms with Gasteiger partial charge in [0.25, 0.3) is 0 Å². The van der Waals surface area contributed by atoms with Gasteiger partial charge in [0.2, 0.25) is 23.6 Å². The second kappa shape index (κ2) is 23.0. The standard InChI is InChI=1S/C48H58N6O9.CH4/c1-47(2,3)62-45(59)49-27-15-22-38(42(56)53-40(43(57)50-33-18-11-8-12-19-33)29-36-35-20-13-14-21-37(35)51-41(36)55)52-44(58)39(54-46(60)63-48(4,5)6)28-31-23-25-34(26-24-31)61-30-32-16-9-7-10-17-32;/h7-14,16-21,23-26,36,38-40H,15,22,27-30H2,1-6H3,(H,49,59)(H,50,57)(H,51,55)(H,52,58)(H,53,56)(H,54,60);1H4/t36?,38-,39-,40-;/m0./s1. The molecule has 4 atom stereocenters. The topological polar surface area (TPSA) is 202 Å². The van der Waals surface area contributed by atoms with Crippen LogP contribution in [-0.2, 0) is 41.7 Å². The first kappa shape index (κ1) is 49.8. The number of nitrogens with one attached hydrogen (secondary N) is 6. The fourth-order valence-electron chi connectivity index (χ4n) is 6.71. The Morgan fingerprint density at radius 1 is 0.641 bits per heavy atom. The van der Waals surface area contributed by atoms with E-state index >= 15 is 0 Å². The molecule has 0 saturated carbocycles. The molecule has 0 saturated heterocycles. The number of para-hydroxylation sites is 2. The maximum atomic E-state index is 14.4. The summed E-state index contributed by atoms with van der Waals surface area (Å²) in [5.74, 6) is -2.50. The monoisotopic (exact) mass is 878 g/mol.